The molecular formula is C24H24Cl2N4O. The van der Waals surface area contributed by atoms with E-state index in [1.54, 1.807) is 0 Å². The number of benzene rings is 2. The quantitative estimate of drug-likeness (QED) is 0.518. The van der Waals surface area contributed by atoms with Gasteiger partial charge in [0.15, 0.2) is 0 Å². The van der Waals surface area contributed by atoms with E-state index in [-0.39, 0.29) is 11.9 Å². The van der Waals surface area contributed by atoms with Gasteiger partial charge < -0.3 is 0 Å². The molecule has 1 aliphatic heterocycles. The molecule has 31 heavy (non-hydrogen) atoms. The third kappa shape index (κ3) is 5.62. The summed E-state index contributed by atoms with van der Waals surface area (Å²) in [4.78, 5) is 24.1. The molecule has 0 spiro atoms. The second-order valence-corrected chi connectivity index (χ2v) is 8.71. The van der Waals surface area contributed by atoms with E-state index in [0.717, 1.165) is 30.5 Å². The van der Waals surface area contributed by atoms with E-state index in [4.69, 9.17) is 23.2 Å². The third-order valence-corrected chi connectivity index (χ3v) is 6.05. The van der Waals surface area contributed by atoms with Gasteiger partial charge in [0.25, 0.3) is 0 Å². The van der Waals surface area contributed by atoms with Crippen LogP contribution in [0.25, 0.3) is 22.5 Å². The van der Waals surface area contributed by atoms with Crippen LogP contribution in [-0.4, -0.2) is 39.9 Å². The fraction of sp³-hybridized carbons (Fsp3) is 0.292. The van der Waals surface area contributed by atoms with Crippen LogP contribution < -0.4 is 5.32 Å². The summed E-state index contributed by atoms with van der Waals surface area (Å²) in [6.07, 6.45) is 3.47. The van der Waals surface area contributed by atoms with E-state index in [0.29, 0.717) is 34.0 Å². The topological polar surface area (TPSA) is 58.1 Å². The normalized spacial score (nSPS) is 16.8. The zero-order valence-corrected chi connectivity index (χ0v) is 18.8. The molecule has 3 aromatic rings. The SMILES string of the molecule is CC1CCCCN1CC(=O)Nc1nc(-c2ccc(Cl)cc2)cc(-c2ccc(Cl)cc2)n1. The molecule has 7 heteroatoms. The highest BCUT2D eigenvalue weighted by Gasteiger charge is 2.21. The van der Waals surface area contributed by atoms with Crippen molar-refractivity contribution in [1.29, 1.82) is 0 Å². The summed E-state index contributed by atoms with van der Waals surface area (Å²) in [5.74, 6) is 0.177. The number of hydrogen-bond donors (Lipinski definition) is 1. The number of nitrogens with zero attached hydrogens (tertiary/aromatic N) is 3. The van der Waals surface area contributed by atoms with Crippen molar-refractivity contribution in [1.82, 2.24) is 14.9 Å². The maximum absolute atomic E-state index is 12.7. The fourth-order valence-electron chi connectivity index (χ4n) is 3.78. The molecule has 4 rings (SSSR count). The summed E-state index contributed by atoms with van der Waals surface area (Å²) in [6.45, 7) is 3.45. The maximum Gasteiger partial charge on any atom is 0.240 e. The zero-order chi connectivity index (χ0) is 21.8. The number of hydrogen-bond acceptors (Lipinski definition) is 4. The highest BCUT2D eigenvalue weighted by Crippen LogP contribution is 2.27. The van der Waals surface area contributed by atoms with Crippen LogP contribution in [0.1, 0.15) is 26.2 Å². The number of anilines is 1. The van der Waals surface area contributed by atoms with Gasteiger partial charge in [0.05, 0.1) is 17.9 Å². The smallest absolute Gasteiger partial charge is 0.240 e. The molecule has 2 aromatic carbocycles. The predicted octanol–water partition coefficient (Wildman–Crippen LogP) is 5.93. The second-order valence-electron chi connectivity index (χ2n) is 7.84. The molecule has 160 valence electrons. The van der Waals surface area contributed by atoms with Crippen LogP contribution in [-0.2, 0) is 4.79 Å². The van der Waals surface area contributed by atoms with Crippen molar-refractivity contribution in [3.8, 4) is 22.5 Å². The lowest BCUT2D eigenvalue weighted by atomic mass is 10.0. The minimum absolute atomic E-state index is 0.107. The van der Waals surface area contributed by atoms with Crippen molar-refractivity contribution in [2.45, 2.75) is 32.2 Å². The van der Waals surface area contributed by atoms with E-state index < -0.39 is 0 Å². The number of piperidine rings is 1. The number of carbonyl (C=O) groups is 1. The van der Waals surface area contributed by atoms with Crippen LogP contribution in [0.5, 0.6) is 0 Å². The largest absolute Gasteiger partial charge is 0.293 e. The van der Waals surface area contributed by atoms with Gasteiger partial charge >= 0.3 is 0 Å². The fourth-order valence-corrected chi connectivity index (χ4v) is 4.03. The lowest BCUT2D eigenvalue weighted by molar-refractivity contribution is -0.118. The van der Waals surface area contributed by atoms with E-state index in [9.17, 15) is 4.79 Å². The molecule has 1 atom stereocenters. The van der Waals surface area contributed by atoms with Crippen LogP contribution in [0.15, 0.2) is 54.6 Å². The summed E-state index contributed by atoms with van der Waals surface area (Å²) in [7, 11) is 0. The Morgan fingerprint density at radius 2 is 1.52 bits per heavy atom. The summed E-state index contributed by atoms with van der Waals surface area (Å²) < 4.78 is 0. The van der Waals surface area contributed by atoms with Gasteiger partial charge in [-0.05, 0) is 56.6 Å². The first-order chi connectivity index (χ1) is 15.0. The van der Waals surface area contributed by atoms with Gasteiger partial charge in [0.2, 0.25) is 11.9 Å². The van der Waals surface area contributed by atoms with Crippen LogP contribution in [0.2, 0.25) is 10.0 Å². The van der Waals surface area contributed by atoms with Gasteiger partial charge in [0, 0.05) is 27.2 Å². The molecule has 1 aromatic heterocycles. The third-order valence-electron chi connectivity index (χ3n) is 5.54. The zero-order valence-electron chi connectivity index (χ0n) is 17.3. The molecule has 0 aliphatic carbocycles. The monoisotopic (exact) mass is 454 g/mol. The van der Waals surface area contributed by atoms with E-state index in [1.807, 2.05) is 54.6 Å². The van der Waals surface area contributed by atoms with Gasteiger partial charge in [-0.25, -0.2) is 9.97 Å². The van der Waals surface area contributed by atoms with Gasteiger partial charge in [-0.2, -0.15) is 0 Å². The van der Waals surface area contributed by atoms with Crippen LogP contribution in [0.3, 0.4) is 0 Å². The summed E-state index contributed by atoms with van der Waals surface area (Å²) >= 11 is 12.1. The number of amides is 1. The van der Waals surface area contributed by atoms with Gasteiger partial charge in [-0.3, -0.25) is 15.0 Å². The Balaban J connectivity index is 1.63. The van der Waals surface area contributed by atoms with Gasteiger partial charge in [-0.1, -0.05) is 53.9 Å². The molecule has 1 saturated heterocycles. The minimum atomic E-state index is -0.107. The average molecular weight is 455 g/mol. The first-order valence-electron chi connectivity index (χ1n) is 10.4. The molecule has 1 fully saturated rings. The van der Waals surface area contributed by atoms with Gasteiger partial charge in [-0.15, -0.1) is 0 Å². The number of halogens is 2. The Bertz CT molecular complexity index is 990. The van der Waals surface area contributed by atoms with Crippen molar-refractivity contribution < 1.29 is 4.79 Å². The standard InChI is InChI=1S/C24H24Cl2N4O/c1-16-4-2-3-13-30(16)15-23(31)29-24-27-21(17-5-9-19(25)10-6-17)14-22(28-24)18-7-11-20(26)12-8-18/h5-12,14,16H,2-4,13,15H2,1H3,(H,27,28,29,31). The molecule has 0 radical (unpaired) electrons. The van der Waals surface area contributed by atoms with Crippen molar-refractivity contribution in [3.63, 3.8) is 0 Å². The Morgan fingerprint density at radius 3 is 2.03 bits per heavy atom. The lowest BCUT2D eigenvalue weighted by Crippen LogP contribution is -2.42. The van der Waals surface area contributed by atoms with E-state index in [2.05, 4.69) is 27.1 Å². The molecule has 0 saturated carbocycles. The summed E-state index contributed by atoms with van der Waals surface area (Å²) in [5.41, 5.74) is 3.20. The Hall–Kier alpha value is -2.47. The Morgan fingerprint density at radius 1 is 0.968 bits per heavy atom. The molecule has 1 amide bonds. The van der Waals surface area contributed by atoms with Crippen molar-refractivity contribution >= 4 is 35.1 Å². The Kier molecular flexibility index (Phi) is 6.86. The molecule has 1 N–H and O–H groups in total. The van der Waals surface area contributed by atoms with Gasteiger partial charge in [0.1, 0.15) is 0 Å². The lowest BCUT2D eigenvalue weighted by Gasteiger charge is -2.32. The summed E-state index contributed by atoms with van der Waals surface area (Å²) in [5, 5.41) is 4.20. The molecule has 1 aliphatic rings. The van der Waals surface area contributed by atoms with Crippen LogP contribution >= 0.6 is 23.2 Å². The van der Waals surface area contributed by atoms with Crippen LogP contribution in [0, 0.1) is 0 Å². The van der Waals surface area contributed by atoms with Crippen molar-refractivity contribution in [2.75, 3.05) is 18.4 Å². The molecular weight excluding hydrogens is 431 g/mol. The average Bonchev–Trinajstić information content (AvgIpc) is 2.76. The Labute approximate surface area is 192 Å². The van der Waals surface area contributed by atoms with Crippen LogP contribution in [0.4, 0.5) is 5.95 Å². The molecule has 2 heterocycles. The number of likely N-dealkylation sites (tertiary alicyclic amines) is 1. The number of aromatic nitrogens is 2. The van der Waals surface area contributed by atoms with Crippen molar-refractivity contribution in [2.24, 2.45) is 0 Å². The highest BCUT2D eigenvalue weighted by atomic mass is 35.5. The molecule has 5 nitrogen and oxygen atoms in total. The predicted molar refractivity (Wildman–Crippen MR) is 126 cm³/mol. The second kappa shape index (κ2) is 9.77. The molecule has 0 bridgehead atoms. The number of rotatable bonds is 5. The summed E-state index contributed by atoms with van der Waals surface area (Å²) in [6, 6.07) is 17.2. The van der Waals surface area contributed by atoms with E-state index >= 15 is 0 Å². The number of carbonyl (C=O) groups excluding carboxylic acids is 1. The maximum atomic E-state index is 12.7. The first kappa shape index (κ1) is 21.8. The minimum Gasteiger partial charge on any atom is -0.293 e. The first-order valence-corrected chi connectivity index (χ1v) is 11.2. The van der Waals surface area contributed by atoms with E-state index in [1.165, 1.54) is 6.42 Å². The van der Waals surface area contributed by atoms with Crippen molar-refractivity contribution in [3.05, 3.63) is 64.6 Å². The number of nitrogens with one attached hydrogen (secondary N) is 1. The highest BCUT2D eigenvalue weighted by molar-refractivity contribution is 6.30. The molecule has 1 unspecified atom stereocenters.